The highest BCUT2D eigenvalue weighted by Gasteiger charge is 2.00. The van der Waals surface area contributed by atoms with Crippen LogP contribution in [-0.2, 0) is 0 Å². The van der Waals surface area contributed by atoms with Gasteiger partial charge >= 0.3 is 0 Å². The number of hydrogen-bond acceptors (Lipinski definition) is 3. The molecule has 0 heterocycles. The number of hydrogen-bond donors (Lipinski definition) is 1. The standard InChI is InChI=1S/C12H16O2.C7H9N/c1-3-4-8-14-12-7-5-6-11(9-12)10(2)13;1-8-7-5-3-2-4-6-7/h5-7,9H,3-4,8H2,1-2H3;2-6,8H,1H3. The van der Waals surface area contributed by atoms with E-state index in [9.17, 15) is 4.79 Å². The van der Waals surface area contributed by atoms with E-state index in [0.29, 0.717) is 5.56 Å². The second-order valence-electron chi connectivity index (χ2n) is 4.90. The van der Waals surface area contributed by atoms with Gasteiger partial charge in [0.25, 0.3) is 0 Å². The van der Waals surface area contributed by atoms with Gasteiger partial charge in [0.1, 0.15) is 5.75 Å². The molecule has 2 aromatic rings. The maximum atomic E-state index is 11.1. The number of nitrogens with one attached hydrogen (secondary N) is 1. The van der Waals surface area contributed by atoms with Crippen LogP contribution in [0.4, 0.5) is 5.69 Å². The van der Waals surface area contributed by atoms with Gasteiger partial charge in [-0.05, 0) is 37.6 Å². The summed E-state index contributed by atoms with van der Waals surface area (Å²) >= 11 is 0. The Morgan fingerprint density at radius 2 is 1.82 bits per heavy atom. The first-order chi connectivity index (χ1) is 10.7. The fourth-order valence-corrected chi connectivity index (χ4v) is 1.74. The fraction of sp³-hybridized carbons (Fsp3) is 0.316. The van der Waals surface area contributed by atoms with Crippen molar-refractivity contribution >= 4 is 11.5 Å². The van der Waals surface area contributed by atoms with Crippen molar-refractivity contribution in [3.8, 4) is 5.75 Å². The molecule has 22 heavy (non-hydrogen) atoms. The summed E-state index contributed by atoms with van der Waals surface area (Å²) in [5.41, 5.74) is 1.87. The molecular weight excluding hydrogens is 274 g/mol. The summed E-state index contributed by atoms with van der Waals surface area (Å²) in [5, 5.41) is 3.03. The molecule has 0 amide bonds. The predicted molar refractivity (Wildman–Crippen MR) is 92.8 cm³/mol. The molecule has 0 aliphatic carbocycles. The van der Waals surface area contributed by atoms with Gasteiger partial charge in [-0.25, -0.2) is 0 Å². The Balaban J connectivity index is 0.000000255. The van der Waals surface area contributed by atoms with Crippen LogP contribution in [0.2, 0.25) is 0 Å². The number of unbranched alkanes of at least 4 members (excludes halogenated alkanes) is 1. The lowest BCUT2D eigenvalue weighted by Gasteiger charge is -2.05. The average molecular weight is 299 g/mol. The second-order valence-corrected chi connectivity index (χ2v) is 4.90. The van der Waals surface area contributed by atoms with Gasteiger partial charge in [0.2, 0.25) is 0 Å². The molecule has 0 saturated carbocycles. The van der Waals surface area contributed by atoms with Gasteiger partial charge in [0, 0.05) is 18.3 Å². The number of ketones is 1. The lowest BCUT2D eigenvalue weighted by atomic mass is 10.1. The number of rotatable bonds is 6. The first-order valence-corrected chi connectivity index (χ1v) is 7.64. The normalized spacial score (nSPS) is 9.41. The number of carbonyl (C=O) groups is 1. The fourth-order valence-electron chi connectivity index (χ4n) is 1.74. The third kappa shape index (κ3) is 6.93. The Bertz CT molecular complexity index is 552. The molecule has 0 aliphatic heterocycles. The zero-order valence-electron chi connectivity index (χ0n) is 13.6. The van der Waals surface area contributed by atoms with Crippen molar-refractivity contribution in [1.29, 1.82) is 0 Å². The first kappa shape index (κ1) is 17.8. The van der Waals surface area contributed by atoms with Crippen LogP contribution in [0.25, 0.3) is 0 Å². The highest BCUT2D eigenvalue weighted by molar-refractivity contribution is 5.94. The molecule has 0 fully saturated rings. The monoisotopic (exact) mass is 299 g/mol. The Labute approximate surface area is 133 Å². The number of carbonyl (C=O) groups excluding carboxylic acids is 1. The first-order valence-electron chi connectivity index (χ1n) is 7.64. The minimum Gasteiger partial charge on any atom is -0.494 e. The molecule has 1 N–H and O–H groups in total. The van der Waals surface area contributed by atoms with E-state index in [1.165, 1.54) is 0 Å². The summed E-state index contributed by atoms with van der Waals surface area (Å²) < 4.78 is 5.48. The van der Waals surface area contributed by atoms with Crippen LogP contribution >= 0.6 is 0 Å². The van der Waals surface area contributed by atoms with Crippen LogP contribution in [0, 0.1) is 0 Å². The highest BCUT2D eigenvalue weighted by atomic mass is 16.5. The van der Waals surface area contributed by atoms with Gasteiger partial charge < -0.3 is 10.1 Å². The summed E-state index contributed by atoms with van der Waals surface area (Å²) in [5.74, 6) is 0.858. The lowest BCUT2D eigenvalue weighted by molar-refractivity contribution is 0.101. The molecule has 0 aromatic heterocycles. The quantitative estimate of drug-likeness (QED) is 0.615. The minimum absolute atomic E-state index is 0.0749. The van der Waals surface area contributed by atoms with Crippen LogP contribution < -0.4 is 10.1 Å². The number of benzene rings is 2. The van der Waals surface area contributed by atoms with Crippen LogP contribution in [0.3, 0.4) is 0 Å². The Morgan fingerprint density at radius 1 is 1.09 bits per heavy atom. The van der Waals surface area contributed by atoms with Crippen molar-refractivity contribution in [1.82, 2.24) is 0 Å². The van der Waals surface area contributed by atoms with Crippen LogP contribution in [0.15, 0.2) is 54.6 Å². The van der Waals surface area contributed by atoms with E-state index in [4.69, 9.17) is 4.74 Å². The average Bonchev–Trinajstić information content (AvgIpc) is 2.57. The Kier molecular flexibility index (Phi) is 8.43. The second kappa shape index (κ2) is 10.4. The number of para-hydroxylation sites is 1. The van der Waals surface area contributed by atoms with Crippen molar-refractivity contribution in [3.63, 3.8) is 0 Å². The molecule has 0 unspecified atom stereocenters. The third-order valence-corrected chi connectivity index (χ3v) is 3.07. The molecule has 0 saturated heterocycles. The number of ether oxygens (including phenoxy) is 1. The van der Waals surface area contributed by atoms with Crippen molar-refractivity contribution in [3.05, 3.63) is 60.2 Å². The SMILES string of the molecule is CCCCOc1cccc(C(C)=O)c1.CNc1ccccc1. The minimum atomic E-state index is 0.0749. The summed E-state index contributed by atoms with van der Waals surface area (Å²) in [7, 11) is 1.91. The van der Waals surface area contributed by atoms with E-state index in [1.807, 2.05) is 49.5 Å². The smallest absolute Gasteiger partial charge is 0.159 e. The summed E-state index contributed by atoms with van der Waals surface area (Å²) in [6.07, 6.45) is 2.16. The van der Waals surface area contributed by atoms with E-state index in [-0.39, 0.29) is 5.78 Å². The van der Waals surface area contributed by atoms with Gasteiger partial charge in [-0.3, -0.25) is 4.79 Å². The molecule has 0 aliphatic rings. The van der Waals surface area contributed by atoms with Crippen molar-refractivity contribution in [2.45, 2.75) is 26.7 Å². The molecule has 3 heteroatoms. The van der Waals surface area contributed by atoms with Crippen molar-refractivity contribution in [2.24, 2.45) is 0 Å². The number of Topliss-reactive ketones (excluding diaryl/α,β-unsaturated/α-hetero) is 1. The van der Waals surface area contributed by atoms with Crippen LogP contribution in [-0.4, -0.2) is 19.4 Å². The van der Waals surface area contributed by atoms with Crippen molar-refractivity contribution in [2.75, 3.05) is 19.0 Å². The number of anilines is 1. The summed E-state index contributed by atoms with van der Waals surface area (Å²) in [6, 6.07) is 17.4. The van der Waals surface area contributed by atoms with Gasteiger partial charge in [-0.2, -0.15) is 0 Å². The molecule has 2 rings (SSSR count). The van der Waals surface area contributed by atoms with Gasteiger partial charge in [0.05, 0.1) is 6.61 Å². The summed E-state index contributed by atoms with van der Waals surface area (Å²) in [4.78, 5) is 11.1. The van der Waals surface area contributed by atoms with E-state index in [1.54, 1.807) is 19.1 Å². The maximum absolute atomic E-state index is 11.1. The van der Waals surface area contributed by atoms with E-state index < -0.39 is 0 Å². The third-order valence-electron chi connectivity index (χ3n) is 3.07. The molecular formula is C19H25NO2. The van der Waals surface area contributed by atoms with Gasteiger partial charge in [-0.15, -0.1) is 0 Å². The zero-order chi connectivity index (χ0) is 16.2. The van der Waals surface area contributed by atoms with Crippen molar-refractivity contribution < 1.29 is 9.53 Å². The zero-order valence-corrected chi connectivity index (χ0v) is 13.6. The Hall–Kier alpha value is -2.29. The van der Waals surface area contributed by atoms with Gasteiger partial charge in [0.15, 0.2) is 5.78 Å². The van der Waals surface area contributed by atoms with E-state index >= 15 is 0 Å². The predicted octanol–water partition coefficient (Wildman–Crippen LogP) is 4.80. The molecule has 0 radical (unpaired) electrons. The topological polar surface area (TPSA) is 38.3 Å². The Morgan fingerprint density at radius 3 is 2.36 bits per heavy atom. The maximum Gasteiger partial charge on any atom is 0.159 e. The van der Waals surface area contributed by atoms with Crippen LogP contribution in [0.1, 0.15) is 37.0 Å². The molecule has 0 atom stereocenters. The lowest BCUT2D eigenvalue weighted by Crippen LogP contribution is -1.98. The van der Waals surface area contributed by atoms with E-state index in [2.05, 4.69) is 12.2 Å². The molecule has 2 aromatic carbocycles. The van der Waals surface area contributed by atoms with Gasteiger partial charge in [-0.1, -0.05) is 43.7 Å². The highest BCUT2D eigenvalue weighted by Crippen LogP contribution is 2.14. The molecule has 3 nitrogen and oxygen atoms in total. The van der Waals surface area contributed by atoms with E-state index in [0.717, 1.165) is 30.9 Å². The molecule has 0 spiro atoms. The molecule has 118 valence electrons. The van der Waals surface area contributed by atoms with Crippen LogP contribution in [0.5, 0.6) is 5.75 Å². The largest absolute Gasteiger partial charge is 0.494 e. The molecule has 0 bridgehead atoms. The summed E-state index contributed by atoms with van der Waals surface area (Å²) in [6.45, 7) is 4.40.